The van der Waals surface area contributed by atoms with Crippen LogP contribution in [0.5, 0.6) is 5.88 Å². The van der Waals surface area contributed by atoms with E-state index in [2.05, 4.69) is 36.4 Å². The van der Waals surface area contributed by atoms with Gasteiger partial charge in [0, 0.05) is 29.9 Å². The molecule has 2 amide bonds. The summed E-state index contributed by atoms with van der Waals surface area (Å²) < 4.78 is 5.59. The Bertz CT molecular complexity index is 1500. The number of nitrogens with one attached hydrogen (secondary N) is 5. The number of para-hydroxylation sites is 1. The number of rotatable bonds is 12. The monoisotopic (exact) mass is 573 g/mol. The van der Waals surface area contributed by atoms with Gasteiger partial charge in [0.2, 0.25) is 11.8 Å². The fraction of sp³-hybridized carbons (Fsp3) is 0.333. The Morgan fingerprint density at radius 1 is 1.10 bits per heavy atom. The third-order valence-corrected chi connectivity index (χ3v) is 7.96. The summed E-state index contributed by atoms with van der Waals surface area (Å²) in [5.74, 6) is 0.904. The second-order valence-electron chi connectivity index (χ2n) is 9.89. The number of hydrazine groups is 1. The van der Waals surface area contributed by atoms with E-state index in [1.54, 1.807) is 25.1 Å². The standard InChI is InChI=1S/C30H35N7O3S/c1-40-30-22(15-19-9-3-5-11-23(19)37-30)25-18-32-27(35-25)24(36-28(38)20-16-33-34-17-20)12-7-8-14-31-29(39)21-10-4-6-13-26(21)41-2/h3-6,9-11,13,15,18,20,24,33-34H,7-8,12,14,16-17H2,1-2H3,(H,31,39)(H,32,35)(H,36,38)/t24-/m0/s1. The number of amides is 2. The largest absolute Gasteiger partial charge is 0.480 e. The van der Waals surface area contributed by atoms with Crippen molar-refractivity contribution in [3.05, 3.63) is 72.2 Å². The van der Waals surface area contributed by atoms with Crippen molar-refractivity contribution in [3.8, 4) is 17.1 Å². The van der Waals surface area contributed by atoms with Crippen LogP contribution in [0.15, 0.2) is 65.7 Å². The minimum Gasteiger partial charge on any atom is -0.480 e. The van der Waals surface area contributed by atoms with Gasteiger partial charge in [-0.25, -0.2) is 9.97 Å². The van der Waals surface area contributed by atoms with Gasteiger partial charge >= 0.3 is 0 Å². The third-order valence-electron chi connectivity index (χ3n) is 7.16. The molecule has 1 aliphatic rings. The van der Waals surface area contributed by atoms with Crippen molar-refractivity contribution in [2.45, 2.75) is 30.2 Å². The number of hydrogen-bond acceptors (Lipinski definition) is 8. The van der Waals surface area contributed by atoms with Crippen molar-refractivity contribution in [2.75, 3.05) is 33.0 Å². The van der Waals surface area contributed by atoms with Gasteiger partial charge in [-0.15, -0.1) is 11.8 Å². The van der Waals surface area contributed by atoms with Crippen LogP contribution in [0.4, 0.5) is 0 Å². The van der Waals surface area contributed by atoms with Gasteiger partial charge in [-0.2, -0.15) is 0 Å². The molecule has 5 N–H and O–H groups in total. The van der Waals surface area contributed by atoms with E-state index >= 15 is 0 Å². The molecule has 3 heterocycles. The molecule has 0 spiro atoms. The van der Waals surface area contributed by atoms with Gasteiger partial charge in [0.15, 0.2) is 0 Å². The first-order valence-corrected chi connectivity index (χ1v) is 15.0. The molecular formula is C30H35N7O3S. The predicted octanol–water partition coefficient (Wildman–Crippen LogP) is 3.84. The highest BCUT2D eigenvalue weighted by molar-refractivity contribution is 7.98. The molecule has 1 saturated heterocycles. The summed E-state index contributed by atoms with van der Waals surface area (Å²) in [5.41, 5.74) is 9.12. The number of aromatic nitrogens is 3. The number of pyridine rings is 1. The van der Waals surface area contributed by atoms with Crippen LogP contribution in [0.2, 0.25) is 0 Å². The van der Waals surface area contributed by atoms with Gasteiger partial charge in [0.1, 0.15) is 5.82 Å². The number of hydrogen-bond donors (Lipinski definition) is 5. The average molecular weight is 574 g/mol. The molecule has 0 bridgehead atoms. The van der Waals surface area contributed by atoms with Crippen molar-refractivity contribution in [1.82, 2.24) is 36.4 Å². The molecule has 2 aromatic carbocycles. The Balaban J connectivity index is 1.27. The Labute approximate surface area is 243 Å². The number of carbonyl (C=O) groups excluding carboxylic acids is 2. The number of methoxy groups -OCH3 is 1. The van der Waals surface area contributed by atoms with Crippen LogP contribution >= 0.6 is 11.8 Å². The first kappa shape index (κ1) is 28.6. The van der Waals surface area contributed by atoms with Crippen molar-refractivity contribution in [1.29, 1.82) is 0 Å². The Morgan fingerprint density at radius 2 is 1.88 bits per heavy atom. The summed E-state index contributed by atoms with van der Waals surface area (Å²) in [6, 6.07) is 17.2. The SMILES string of the molecule is COc1nc2ccccc2cc1-c1cnc([C@H](CCCCNC(=O)c2ccccc2SC)NC(=O)C2CNNC2)[nH]1. The summed E-state index contributed by atoms with van der Waals surface area (Å²) in [7, 11) is 1.60. The molecular weight excluding hydrogens is 538 g/mol. The molecule has 214 valence electrons. The van der Waals surface area contributed by atoms with Crippen LogP contribution in [0.3, 0.4) is 0 Å². The van der Waals surface area contributed by atoms with Gasteiger partial charge in [-0.3, -0.25) is 20.4 Å². The average Bonchev–Trinajstić information content (AvgIpc) is 3.73. The molecule has 10 nitrogen and oxygen atoms in total. The van der Waals surface area contributed by atoms with Crippen molar-refractivity contribution in [3.63, 3.8) is 0 Å². The van der Waals surface area contributed by atoms with Gasteiger partial charge < -0.3 is 20.4 Å². The lowest BCUT2D eigenvalue weighted by Crippen LogP contribution is -2.36. The minimum absolute atomic E-state index is 0.0302. The molecule has 0 saturated carbocycles. The zero-order chi connectivity index (χ0) is 28.6. The fourth-order valence-corrected chi connectivity index (χ4v) is 5.51. The van der Waals surface area contributed by atoms with Gasteiger partial charge in [0.05, 0.1) is 47.6 Å². The number of H-pyrrole nitrogens is 1. The zero-order valence-electron chi connectivity index (χ0n) is 23.2. The smallest absolute Gasteiger partial charge is 0.252 e. The topological polar surface area (TPSA) is 133 Å². The van der Waals surface area contributed by atoms with Crippen LogP contribution < -0.4 is 26.2 Å². The molecule has 0 radical (unpaired) electrons. The lowest BCUT2D eigenvalue weighted by atomic mass is 10.1. The van der Waals surface area contributed by atoms with E-state index in [9.17, 15) is 9.59 Å². The van der Waals surface area contributed by atoms with Crippen LogP contribution in [0.1, 0.15) is 41.5 Å². The van der Waals surface area contributed by atoms with Crippen molar-refractivity contribution in [2.24, 2.45) is 5.92 Å². The predicted molar refractivity (Wildman–Crippen MR) is 161 cm³/mol. The highest BCUT2D eigenvalue weighted by atomic mass is 32.2. The van der Waals surface area contributed by atoms with E-state index < -0.39 is 0 Å². The van der Waals surface area contributed by atoms with Crippen LogP contribution in [-0.2, 0) is 4.79 Å². The normalized spacial score (nSPS) is 14.2. The lowest BCUT2D eigenvalue weighted by Gasteiger charge is -2.19. The maximum atomic E-state index is 13.0. The molecule has 1 aliphatic heterocycles. The summed E-state index contributed by atoms with van der Waals surface area (Å²) >= 11 is 1.56. The Kier molecular flexibility index (Phi) is 9.50. The second-order valence-corrected chi connectivity index (χ2v) is 10.7. The maximum absolute atomic E-state index is 13.0. The van der Waals surface area contributed by atoms with E-state index in [0.29, 0.717) is 43.3 Å². The Hall–Kier alpha value is -3.93. The van der Waals surface area contributed by atoms with Crippen LogP contribution in [-0.4, -0.2) is 59.8 Å². The van der Waals surface area contributed by atoms with Crippen LogP contribution in [0, 0.1) is 5.92 Å². The molecule has 11 heteroatoms. The number of carbonyl (C=O) groups is 2. The zero-order valence-corrected chi connectivity index (χ0v) is 24.0. The number of fused-ring (bicyclic) bond motifs is 1. The number of aromatic amines is 1. The lowest BCUT2D eigenvalue weighted by molar-refractivity contribution is -0.125. The van der Waals surface area contributed by atoms with E-state index in [0.717, 1.165) is 39.9 Å². The summed E-state index contributed by atoms with van der Waals surface area (Å²) in [4.78, 5) is 39.4. The molecule has 4 aromatic rings. The summed E-state index contributed by atoms with van der Waals surface area (Å²) in [6.07, 6.45) is 5.93. The molecule has 41 heavy (non-hydrogen) atoms. The molecule has 2 aromatic heterocycles. The maximum Gasteiger partial charge on any atom is 0.252 e. The minimum atomic E-state index is -0.316. The highest BCUT2D eigenvalue weighted by Gasteiger charge is 2.26. The highest BCUT2D eigenvalue weighted by Crippen LogP contribution is 2.31. The summed E-state index contributed by atoms with van der Waals surface area (Å²) in [6.45, 7) is 1.69. The number of imidazole rings is 1. The summed E-state index contributed by atoms with van der Waals surface area (Å²) in [5, 5.41) is 7.21. The first-order chi connectivity index (χ1) is 20.1. The van der Waals surface area contributed by atoms with E-state index in [1.807, 2.05) is 60.9 Å². The Morgan fingerprint density at radius 3 is 2.68 bits per heavy atom. The van der Waals surface area contributed by atoms with Gasteiger partial charge in [-0.1, -0.05) is 30.3 Å². The van der Waals surface area contributed by atoms with Crippen molar-refractivity contribution >= 4 is 34.5 Å². The van der Waals surface area contributed by atoms with Gasteiger partial charge in [-0.05, 0) is 49.8 Å². The quantitative estimate of drug-likeness (QED) is 0.128. The number of nitrogens with zero attached hydrogens (tertiary/aromatic N) is 2. The fourth-order valence-electron chi connectivity index (χ4n) is 4.92. The first-order valence-electron chi connectivity index (χ1n) is 13.7. The van der Waals surface area contributed by atoms with Crippen LogP contribution in [0.25, 0.3) is 22.2 Å². The number of unbranched alkanes of at least 4 members (excludes halogenated alkanes) is 1. The number of ether oxygens (including phenoxy) is 1. The number of thioether (sulfide) groups is 1. The van der Waals surface area contributed by atoms with E-state index in [1.165, 1.54) is 0 Å². The molecule has 0 aliphatic carbocycles. The molecule has 0 unspecified atom stereocenters. The second kappa shape index (κ2) is 13.6. The molecule has 5 rings (SSSR count). The van der Waals surface area contributed by atoms with Gasteiger partial charge in [0.25, 0.3) is 5.91 Å². The van der Waals surface area contributed by atoms with E-state index in [4.69, 9.17) is 4.74 Å². The van der Waals surface area contributed by atoms with E-state index in [-0.39, 0.29) is 23.8 Å². The number of benzene rings is 2. The molecule has 1 fully saturated rings. The third kappa shape index (κ3) is 6.87. The molecule has 1 atom stereocenters. The van der Waals surface area contributed by atoms with Crippen molar-refractivity contribution < 1.29 is 14.3 Å².